The number of carbonyl (C=O) groups excluding carboxylic acids is 2. The molecule has 3 rings (SSSR count). The highest BCUT2D eigenvalue weighted by molar-refractivity contribution is 7.80. The largest absolute Gasteiger partial charge is 0.573 e. The molecule has 1 N–H and O–H groups in total. The summed E-state index contributed by atoms with van der Waals surface area (Å²) in [5, 5.41) is 2.40. The molecule has 2 heterocycles. The van der Waals surface area contributed by atoms with E-state index in [9.17, 15) is 22.8 Å². The third-order valence-electron chi connectivity index (χ3n) is 3.78. The SMILES string of the molecule is C=CCN1C(=O)C(=Cc2ccc(-c3ccc(OC(F)(F)F)cc3)o2)C(=O)NC1=S. The van der Waals surface area contributed by atoms with Crippen molar-refractivity contribution in [2.24, 2.45) is 0 Å². The summed E-state index contributed by atoms with van der Waals surface area (Å²) < 4.78 is 46.1. The van der Waals surface area contributed by atoms with Gasteiger partial charge in [-0.3, -0.25) is 19.8 Å². The number of alkyl halides is 3. The summed E-state index contributed by atoms with van der Waals surface area (Å²) in [5.74, 6) is -1.08. The number of nitrogens with zero attached hydrogens (tertiary/aromatic N) is 1. The summed E-state index contributed by atoms with van der Waals surface area (Å²) in [6.45, 7) is 3.67. The average Bonchev–Trinajstić information content (AvgIpc) is 3.10. The van der Waals surface area contributed by atoms with E-state index >= 15 is 0 Å². The van der Waals surface area contributed by atoms with E-state index in [-0.39, 0.29) is 28.7 Å². The first kappa shape index (κ1) is 20.3. The number of hydrogen-bond donors (Lipinski definition) is 1. The molecule has 29 heavy (non-hydrogen) atoms. The van der Waals surface area contributed by atoms with Crippen molar-refractivity contribution in [1.82, 2.24) is 10.2 Å². The Morgan fingerprint density at radius 3 is 2.48 bits per heavy atom. The number of furan rings is 1. The van der Waals surface area contributed by atoms with Gasteiger partial charge in [0.2, 0.25) is 0 Å². The fourth-order valence-electron chi connectivity index (χ4n) is 2.54. The van der Waals surface area contributed by atoms with Crippen LogP contribution in [0.25, 0.3) is 17.4 Å². The summed E-state index contributed by atoms with van der Waals surface area (Å²) in [4.78, 5) is 25.8. The minimum Gasteiger partial charge on any atom is -0.457 e. The highest BCUT2D eigenvalue weighted by Crippen LogP contribution is 2.28. The van der Waals surface area contributed by atoms with Crippen LogP contribution in [0.4, 0.5) is 13.2 Å². The lowest BCUT2D eigenvalue weighted by atomic mass is 10.1. The number of rotatable bonds is 5. The van der Waals surface area contributed by atoms with E-state index in [1.807, 2.05) is 0 Å². The van der Waals surface area contributed by atoms with Crippen LogP contribution in [0.3, 0.4) is 0 Å². The normalized spacial score (nSPS) is 16.2. The molecule has 6 nitrogen and oxygen atoms in total. The topological polar surface area (TPSA) is 71.8 Å². The minimum atomic E-state index is -4.78. The average molecular weight is 422 g/mol. The van der Waals surface area contributed by atoms with Crippen LogP contribution in [0, 0.1) is 0 Å². The first-order chi connectivity index (χ1) is 13.7. The number of ether oxygens (including phenoxy) is 1. The molecule has 1 aromatic carbocycles. The molecule has 0 saturated carbocycles. The fourth-order valence-corrected chi connectivity index (χ4v) is 2.79. The van der Waals surface area contributed by atoms with Crippen LogP contribution in [0.1, 0.15) is 5.76 Å². The van der Waals surface area contributed by atoms with Gasteiger partial charge < -0.3 is 9.15 Å². The number of nitrogens with one attached hydrogen (secondary N) is 1. The number of carbonyl (C=O) groups is 2. The second-order valence-electron chi connectivity index (χ2n) is 5.80. The van der Waals surface area contributed by atoms with E-state index in [1.165, 1.54) is 35.3 Å². The maximum absolute atomic E-state index is 12.5. The van der Waals surface area contributed by atoms with Crippen LogP contribution in [0.15, 0.2) is 59.0 Å². The molecule has 0 atom stereocenters. The summed E-state index contributed by atoms with van der Waals surface area (Å²) in [6.07, 6.45) is -2.04. The lowest BCUT2D eigenvalue weighted by molar-refractivity contribution is -0.274. The van der Waals surface area contributed by atoms with E-state index in [2.05, 4.69) is 16.6 Å². The van der Waals surface area contributed by atoms with Gasteiger partial charge in [-0.05, 0) is 54.7 Å². The number of amides is 2. The second-order valence-corrected chi connectivity index (χ2v) is 6.18. The Morgan fingerprint density at radius 1 is 1.17 bits per heavy atom. The van der Waals surface area contributed by atoms with Crippen molar-refractivity contribution in [3.63, 3.8) is 0 Å². The Labute approximate surface area is 168 Å². The van der Waals surface area contributed by atoms with E-state index in [0.717, 1.165) is 12.1 Å². The molecule has 2 amide bonds. The Hall–Kier alpha value is -3.40. The van der Waals surface area contributed by atoms with Crippen molar-refractivity contribution in [2.45, 2.75) is 6.36 Å². The molecule has 150 valence electrons. The number of benzene rings is 1. The predicted octanol–water partition coefficient (Wildman–Crippen LogP) is 3.66. The van der Waals surface area contributed by atoms with E-state index in [4.69, 9.17) is 16.6 Å². The third kappa shape index (κ3) is 4.72. The predicted molar refractivity (Wildman–Crippen MR) is 101 cm³/mol. The van der Waals surface area contributed by atoms with Gasteiger partial charge in [-0.15, -0.1) is 19.8 Å². The first-order valence-corrected chi connectivity index (χ1v) is 8.54. The van der Waals surface area contributed by atoms with Gasteiger partial charge in [-0.25, -0.2) is 0 Å². The number of thiocarbonyl (C=S) groups is 1. The van der Waals surface area contributed by atoms with Gasteiger partial charge in [0.05, 0.1) is 0 Å². The van der Waals surface area contributed by atoms with Crippen molar-refractivity contribution in [3.8, 4) is 17.1 Å². The summed E-state index contributed by atoms with van der Waals surface area (Å²) in [6, 6.07) is 8.15. The van der Waals surface area contributed by atoms with Gasteiger partial charge in [-0.2, -0.15) is 0 Å². The Morgan fingerprint density at radius 2 is 1.86 bits per heavy atom. The van der Waals surface area contributed by atoms with Gasteiger partial charge in [0.25, 0.3) is 11.8 Å². The van der Waals surface area contributed by atoms with Gasteiger partial charge >= 0.3 is 6.36 Å². The number of halogens is 3. The van der Waals surface area contributed by atoms with Crippen molar-refractivity contribution in [1.29, 1.82) is 0 Å². The van der Waals surface area contributed by atoms with Crippen molar-refractivity contribution in [2.75, 3.05) is 6.54 Å². The molecule has 0 unspecified atom stereocenters. The van der Waals surface area contributed by atoms with Crippen LogP contribution < -0.4 is 10.1 Å². The van der Waals surface area contributed by atoms with Crippen LogP contribution in [-0.2, 0) is 9.59 Å². The second kappa shape index (κ2) is 7.92. The highest BCUT2D eigenvalue weighted by atomic mass is 32.1. The van der Waals surface area contributed by atoms with Crippen LogP contribution in [0.2, 0.25) is 0 Å². The zero-order valence-corrected chi connectivity index (χ0v) is 15.5. The van der Waals surface area contributed by atoms with Crippen molar-refractivity contribution < 1.29 is 31.9 Å². The van der Waals surface area contributed by atoms with E-state index in [1.54, 1.807) is 6.07 Å². The molecule has 1 aromatic heterocycles. The maximum atomic E-state index is 12.5. The molecule has 0 spiro atoms. The fraction of sp³-hybridized carbons (Fsp3) is 0.105. The Kier molecular flexibility index (Phi) is 5.55. The molecular formula is C19H13F3N2O4S. The monoisotopic (exact) mass is 422 g/mol. The molecule has 0 aliphatic carbocycles. The zero-order valence-electron chi connectivity index (χ0n) is 14.7. The molecule has 1 saturated heterocycles. The quantitative estimate of drug-likeness (QED) is 0.345. The standard InChI is InChI=1S/C19H13F3N2O4S/c1-2-9-24-17(26)14(16(25)23-18(24)29)10-13-7-8-15(27-13)11-3-5-12(6-4-11)28-19(20,21)22/h2-8,10H,1,9H2,(H,23,25,29). The van der Waals surface area contributed by atoms with Crippen molar-refractivity contribution >= 4 is 35.2 Å². The molecule has 1 aliphatic heterocycles. The highest BCUT2D eigenvalue weighted by Gasteiger charge is 2.33. The van der Waals surface area contributed by atoms with Crippen molar-refractivity contribution in [3.05, 3.63) is 60.4 Å². The molecule has 10 heteroatoms. The lowest BCUT2D eigenvalue weighted by Crippen LogP contribution is -2.53. The van der Waals surface area contributed by atoms with Gasteiger partial charge in [-0.1, -0.05) is 6.08 Å². The molecule has 2 aromatic rings. The molecule has 0 bridgehead atoms. The Balaban J connectivity index is 1.82. The van der Waals surface area contributed by atoms with E-state index in [0.29, 0.717) is 11.3 Å². The molecular weight excluding hydrogens is 409 g/mol. The summed E-state index contributed by atoms with van der Waals surface area (Å²) in [5.41, 5.74) is 0.313. The van der Waals surface area contributed by atoms with E-state index < -0.39 is 18.2 Å². The molecule has 0 radical (unpaired) electrons. The van der Waals surface area contributed by atoms with Gasteiger partial charge in [0.15, 0.2) is 5.11 Å². The van der Waals surface area contributed by atoms with Gasteiger partial charge in [0.1, 0.15) is 22.8 Å². The third-order valence-corrected chi connectivity index (χ3v) is 4.11. The smallest absolute Gasteiger partial charge is 0.457 e. The maximum Gasteiger partial charge on any atom is 0.573 e. The molecule has 1 fully saturated rings. The minimum absolute atomic E-state index is 0.0154. The molecule has 1 aliphatic rings. The first-order valence-electron chi connectivity index (χ1n) is 8.14. The Bertz CT molecular complexity index is 1010. The summed E-state index contributed by atoms with van der Waals surface area (Å²) in [7, 11) is 0. The zero-order chi connectivity index (χ0) is 21.2. The number of hydrogen-bond acceptors (Lipinski definition) is 5. The van der Waals surface area contributed by atoms with Crippen LogP contribution in [-0.4, -0.2) is 34.7 Å². The van der Waals surface area contributed by atoms with Crippen LogP contribution >= 0.6 is 12.2 Å². The lowest BCUT2D eigenvalue weighted by Gasteiger charge is -2.27. The van der Waals surface area contributed by atoms with Crippen LogP contribution in [0.5, 0.6) is 5.75 Å². The summed E-state index contributed by atoms with van der Waals surface area (Å²) >= 11 is 4.97. The van der Waals surface area contributed by atoms with Gasteiger partial charge in [0, 0.05) is 12.1 Å².